The van der Waals surface area contributed by atoms with Gasteiger partial charge in [0.1, 0.15) is 5.69 Å². The van der Waals surface area contributed by atoms with E-state index in [2.05, 4.69) is 16.1 Å². The van der Waals surface area contributed by atoms with Crippen LogP contribution in [-0.2, 0) is 11.3 Å². The molecule has 4 aromatic rings. The molecule has 1 fully saturated rings. The van der Waals surface area contributed by atoms with E-state index in [4.69, 9.17) is 37.7 Å². The summed E-state index contributed by atoms with van der Waals surface area (Å²) in [5.74, 6) is 0.659. The minimum Gasteiger partial charge on any atom is -0.373 e. The van der Waals surface area contributed by atoms with Crippen molar-refractivity contribution in [2.45, 2.75) is 25.6 Å². The maximum atomic E-state index is 9.02. The summed E-state index contributed by atoms with van der Waals surface area (Å²) in [7, 11) is 0. The second-order valence-corrected chi connectivity index (χ2v) is 9.27. The highest BCUT2D eigenvalue weighted by molar-refractivity contribution is 6.39. The Morgan fingerprint density at radius 2 is 1.63 bits per heavy atom. The van der Waals surface area contributed by atoms with E-state index in [-0.39, 0.29) is 6.10 Å². The molecule has 176 valence electrons. The normalized spacial score (nSPS) is 14.1. The molecule has 35 heavy (non-hydrogen) atoms. The SMILES string of the molecule is N#Cc1ccc(N2CCC(OCc3c(-c4c(Cl)cccc4Cl)noc3-c3ccccc3)CC2)cc1. The summed E-state index contributed by atoms with van der Waals surface area (Å²) >= 11 is 13.0. The van der Waals surface area contributed by atoms with Crippen molar-refractivity contribution in [3.63, 3.8) is 0 Å². The average Bonchev–Trinajstić information content (AvgIpc) is 3.31. The van der Waals surface area contributed by atoms with Crippen molar-refractivity contribution < 1.29 is 9.26 Å². The van der Waals surface area contributed by atoms with Crippen LogP contribution in [0, 0.1) is 11.3 Å². The fourth-order valence-corrected chi connectivity index (χ4v) is 4.99. The number of hydrogen-bond acceptors (Lipinski definition) is 5. The number of nitriles is 1. The molecule has 0 N–H and O–H groups in total. The summed E-state index contributed by atoms with van der Waals surface area (Å²) in [6, 6.07) is 25.1. The Bertz CT molecular complexity index is 1320. The van der Waals surface area contributed by atoms with Crippen LogP contribution in [0.4, 0.5) is 5.69 Å². The van der Waals surface area contributed by atoms with E-state index in [1.165, 1.54) is 0 Å². The first-order valence-corrected chi connectivity index (χ1v) is 12.2. The van der Waals surface area contributed by atoms with Gasteiger partial charge in [-0.1, -0.05) is 64.8 Å². The summed E-state index contributed by atoms with van der Waals surface area (Å²) in [5.41, 5.74) is 4.81. The van der Waals surface area contributed by atoms with Crippen molar-refractivity contribution in [2.75, 3.05) is 18.0 Å². The van der Waals surface area contributed by atoms with Gasteiger partial charge < -0.3 is 14.2 Å². The monoisotopic (exact) mass is 503 g/mol. The van der Waals surface area contributed by atoms with E-state index in [1.807, 2.05) is 60.7 Å². The molecule has 0 radical (unpaired) electrons. The first-order valence-electron chi connectivity index (χ1n) is 11.5. The predicted octanol–water partition coefficient (Wildman–Crippen LogP) is 7.37. The summed E-state index contributed by atoms with van der Waals surface area (Å²) in [6.07, 6.45) is 1.90. The lowest BCUT2D eigenvalue weighted by Crippen LogP contribution is -2.37. The topological polar surface area (TPSA) is 62.3 Å². The van der Waals surface area contributed by atoms with Crippen molar-refractivity contribution in [3.05, 3.63) is 94.0 Å². The number of rotatable bonds is 6. The van der Waals surface area contributed by atoms with Crippen molar-refractivity contribution in [1.82, 2.24) is 5.16 Å². The van der Waals surface area contributed by atoms with Crippen molar-refractivity contribution in [1.29, 1.82) is 5.26 Å². The van der Waals surface area contributed by atoms with Crippen LogP contribution < -0.4 is 4.90 Å². The molecule has 0 atom stereocenters. The summed E-state index contributed by atoms with van der Waals surface area (Å²) in [6.45, 7) is 2.11. The molecule has 0 spiro atoms. The van der Waals surface area contributed by atoms with Gasteiger partial charge in [-0.2, -0.15) is 5.26 Å². The molecule has 5 rings (SSSR count). The fourth-order valence-electron chi connectivity index (χ4n) is 4.41. The van der Waals surface area contributed by atoms with Crippen LogP contribution in [0.1, 0.15) is 24.0 Å². The van der Waals surface area contributed by atoms with E-state index < -0.39 is 0 Å². The molecule has 2 heterocycles. The number of aromatic nitrogens is 1. The molecule has 0 amide bonds. The quantitative estimate of drug-likeness (QED) is 0.274. The van der Waals surface area contributed by atoms with Gasteiger partial charge in [-0.3, -0.25) is 0 Å². The summed E-state index contributed by atoms with van der Waals surface area (Å²) in [4.78, 5) is 2.32. The van der Waals surface area contributed by atoms with Crippen molar-refractivity contribution in [2.24, 2.45) is 0 Å². The van der Waals surface area contributed by atoms with Gasteiger partial charge in [0, 0.05) is 29.9 Å². The third-order valence-corrected chi connectivity index (χ3v) is 6.92. The minimum atomic E-state index is 0.109. The minimum absolute atomic E-state index is 0.109. The van der Waals surface area contributed by atoms with Gasteiger partial charge in [-0.15, -0.1) is 0 Å². The lowest BCUT2D eigenvalue weighted by molar-refractivity contribution is 0.0254. The second kappa shape index (κ2) is 10.5. The Morgan fingerprint density at radius 3 is 2.29 bits per heavy atom. The Labute approximate surface area is 214 Å². The number of ether oxygens (including phenoxy) is 1. The Hall–Kier alpha value is -3.30. The molecule has 1 aromatic heterocycles. The molecule has 1 aliphatic rings. The van der Waals surface area contributed by atoms with Gasteiger partial charge in [-0.25, -0.2) is 0 Å². The van der Waals surface area contributed by atoms with Crippen LogP contribution in [0.3, 0.4) is 0 Å². The Balaban J connectivity index is 1.34. The fraction of sp³-hybridized carbons (Fsp3) is 0.214. The first-order chi connectivity index (χ1) is 17.1. The number of nitrogens with zero attached hydrogens (tertiary/aromatic N) is 3. The number of anilines is 1. The molecule has 0 aliphatic carbocycles. The van der Waals surface area contributed by atoms with Crippen molar-refractivity contribution >= 4 is 28.9 Å². The third-order valence-electron chi connectivity index (χ3n) is 6.29. The highest BCUT2D eigenvalue weighted by Gasteiger charge is 2.25. The van der Waals surface area contributed by atoms with Crippen LogP contribution in [0.25, 0.3) is 22.6 Å². The number of hydrogen-bond donors (Lipinski definition) is 0. The predicted molar refractivity (Wildman–Crippen MR) is 139 cm³/mol. The van der Waals surface area contributed by atoms with E-state index in [0.29, 0.717) is 39.2 Å². The van der Waals surface area contributed by atoms with E-state index in [1.54, 1.807) is 12.1 Å². The average molecular weight is 504 g/mol. The zero-order valence-corrected chi connectivity index (χ0v) is 20.5. The Kier molecular flexibility index (Phi) is 7.06. The molecule has 0 unspecified atom stereocenters. The number of piperidine rings is 1. The maximum Gasteiger partial charge on any atom is 0.173 e. The van der Waals surface area contributed by atoms with Gasteiger partial charge in [0.2, 0.25) is 0 Å². The molecular weight excluding hydrogens is 481 g/mol. The molecule has 0 saturated carbocycles. The molecule has 7 heteroatoms. The smallest absolute Gasteiger partial charge is 0.173 e. The second-order valence-electron chi connectivity index (χ2n) is 8.46. The van der Waals surface area contributed by atoms with E-state index in [0.717, 1.165) is 42.7 Å². The van der Waals surface area contributed by atoms with E-state index in [9.17, 15) is 0 Å². The third kappa shape index (κ3) is 5.06. The molecule has 5 nitrogen and oxygen atoms in total. The van der Waals surface area contributed by atoms with Crippen LogP contribution in [0.15, 0.2) is 77.3 Å². The highest BCUT2D eigenvalue weighted by atomic mass is 35.5. The Morgan fingerprint density at radius 1 is 0.943 bits per heavy atom. The molecule has 3 aromatic carbocycles. The molecule has 1 saturated heterocycles. The maximum absolute atomic E-state index is 9.02. The summed E-state index contributed by atoms with van der Waals surface area (Å²) < 4.78 is 12.2. The van der Waals surface area contributed by atoms with Crippen LogP contribution in [0.2, 0.25) is 10.0 Å². The van der Waals surface area contributed by atoms with Gasteiger partial charge >= 0.3 is 0 Å². The van der Waals surface area contributed by atoms with Gasteiger partial charge in [0.25, 0.3) is 0 Å². The lowest BCUT2D eigenvalue weighted by Gasteiger charge is -2.33. The molecule has 0 bridgehead atoms. The van der Waals surface area contributed by atoms with Gasteiger partial charge in [0.05, 0.1) is 40.0 Å². The van der Waals surface area contributed by atoms with Gasteiger partial charge in [-0.05, 0) is 49.2 Å². The zero-order chi connectivity index (χ0) is 24.2. The first kappa shape index (κ1) is 23.4. The van der Waals surface area contributed by atoms with Crippen LogP contribution >= 0.6 is 23.2 Å². The largest absolute Gasteiger partial charge is 0.373 e. The van der Waals surface area contributed by atoms with Gasteiger partial charge in [0.15, 0.2) is 5.76 Å². The molecule has 1 aliphatic heterocycles. The standard InChI is InChI=1S/C28H23Cl2N3O2/c29-24-7-4-8-25(30)26(24)27-23(28(35-32-27)20-5-2-1-3-6-20)18-34-22-13-15-33(16-14-22)21-11-9-19(17-31)10-12-21/h1-12,22H,13-16,18H2. The summed E-state index contributed by atoms with van der Waals surface area (Å²) in [5, 5.41) is 14.4. The van der Waals surface area contributed by atoms with Crippen molar-refractivity contribution in [3.8, 4) is 28.7 Å². The highest BCUT2D eigenvalue weighted by Crippen LogP contribution is 2.40. The number of benzene rings is 3. The zero-order valence-electron chi connectivity index (χ0n) is 19.0. The molecular formula is C28H23Cl2N3O2. The van der Waals surface area contributed by atoms with E-state index >= 15 is 0 Å². The lowest BCUT2D eigenvalue weighted by atomic mass is 10.0. The van der Waals surface area contributed by atoms with Crippen LogP contribution in [-0.4, -0.2) is 24.4 Å². The van der Waals surface area contributed by atoms with Crippen LogP contribution in [0.5, 0.6) is 0 Å². The number of halogens is 2.